The zero-order valence-electron chi connectivity index (χ0n) is 11.0. The molecule has 0 fully saturated rings. The molecule has 1 atom stereocenters. The number of benzene rings is 1. The minimum atomic E-state index is -0.985. The molecule has 2 N–H and O–H groups in total. The van der Waals surface area contributed by atoms with E-state index in [1.54, 1.807) is 36.4 Å². The summed E-state index contributed by atoms with van der Waals surface area (Å²) in [4.78, 5) is 27.3. The van der Waals surface area contributed by atoms with E-state index in [2.05, 4.69) is 26.2 Å². The van der Waals surface area contributed by atoms with Crippen molar-refractivity contribution < 1.29 is 14.7 Å². The summed E-state index contributed by atoms with van der Waals surface area (Å²) < 4.78 is 0.564. The van der Waals surface area contributed by atoms with Crippen molar-refractivity contribution in [1.29, 1.82) is 0 Å². The van der Waals surface area contributed by atoms with Gasteiger partial charge >= 0.3 is 5.97 Å². The van der Waals surface area contributed by atoms with E-state index in [0.29, 0.717) is 10.0 Å². The van der Waals surface area contributed by atoms with Gasteiger partial charge in [0.2, 0.25) is 0 Å². The summed E-state index contributed by atoms with van der Waals surface area (Å²) in [6.45, 7) is 0.00118. The summed E-state index contributed by atoms with van der Waals surface area (Å²) >= 11 is 3.24. The molecule has 2 aromatic rings. The molecular weight excluding hydrogens is 336 g/mol. The van der Waals surface area contributed by atoms with Crippen LogP contribution in [0.2, 0.25) is 0 Å². The van der Waals surface area contributed by atoms with Gasteiger partial charge in [-0.15, -0.1) is 0 Å². The first-order valence-electron chi connectivity index (χ1n) is 6.26. The third-order valence-electron chi connectivity index (χ3n) is 2.94. The van der Waals surface area contributed by atoms with E-state index >= 15 is 0 Å². The van der Waals surface area contributed by atoms with Crippen molar-refractivity contribution in [2.24, 2.45) is 0 Å². The van der Waals surface area contributed by atoms with E-state index in [4.69, 9.17) is 0 Å². The quantitative estimate of drug-likeness (QED) is 0.869. The van der Waals surface area contributed by atoms with Crippen LogP contribution in [0.15, 0.2) is 53.1 Å². The van der Waals surface area contributed by atoms with Gasteiger partial charge in [-0.05, 0) is 33.6 Å². The number of hydrogen-bond acceptors (Lipinski definition) is 3. The van der Waals surface area contributed by atoms with Gasteiger partial charge in [0, 0.05) is 17.2 Å². The second-order valence-electron chi connectivity index (χ2n) is 4.35. The van der Waals surface area contributed by atoms with E-state index in [9.17, 15) is 14.7 Å². The Morgan fingerprint density at radius 3 is 2.52 bits per heavy atom. The molecular formula is C15H13BrN2O3. The number of carboxylic acid groups (broad SMARTS) is 1. The molecule has 108 valence electrons. The van der Waals surface area contributed by atoms with Gasteiger partial charge in [0.05, 0.1) is 5.92 Å². The number of halogens is 1. The van der Waals surface area contributed by atoms with Crippen molar-refractivity contribution in [3.8, 4) is 0 Å². The second-order valence-corrected chi connectivity index (χ2v) is 5.20. The van der Waals surface area contributed by atoms with E-state index in [0.717, 1.165) is 0 Å². The first-order valence-corrected chi connectivity index (χ1v) is 7.05. The molecule has 1 heterocycles. The number of amides is 1. The summed E-state index contributed by atoms with van der Waals surface area (Å²) in [5.74, 6) is -2.19. The Morgan fingerprint density at radius 2 is 1.90 bits per heavy atom. The fourth-order valence-corrected chi connectivity index (χ4v) is 2.30. The van der Waals surface area contributed by atoms with Crippen LogP contribution in [0.4, 0.5) is 0 Å². The summed E-state index contributed by atoms with van der Waals surface area (Å²) in [6.07, 6.45) is 1.51. The van der Waals surface area contributed by atoms with Crippen LogP contribution in [-0.2, 0) is 4.79 Å². The van der Waals surface area contributed by atoms with Crippen molar-refractivity contribution in [2.45, 2.75) is 5.92 Å². The Hall–Kier alpha value is -2.21. The van der Waals surface area contributed by atoms with Crippen molar-refractivity contribution >= 4 is 27.8 Å². The lowest BCUT2D eigenvalue weighted by Gasteiger charge is -2.13. The van der Waals surface area contributed by atoms with Crippen LogP contribution in [0, 0.1) is 0 Å². The molecule has 0 aliphatic carbocycles. The summed E-state index contributed by atoms with van der Waals surface area (Å²) in [5.41, 5.74) is 0.875. The molecule has 0 radical (unpaired) electrons. The number of pyridine rings is 1. The number of carboxylic acids is 1. The molecule has 0 aliphatic heterocycles. The monoisotopic (exact) mass is 348 g/mol. The fraction of sp³-hybridized carbons (Fsp3) is 0.133. The number of aromatic nitrogens is 1. The minimum Gasteiger partial charge on any atom is -0.481 e. The van der Waals surface area contributed by atoms with Crippen molar-refractivity contribution in [3.63, 3.8) is 0 Å². The average Bonchev–Trinajstić information content (AvgIpc) is 2.48. The largest absolute Gasteiger partial charge is 0.481 e. The van der Waals surface area contributed by atoms with Crippen molar-refractivity contribution in [1.82, 2.24) is 10.3 Å². The number of carbonyl (C=O) groups is 2. The van der Waals surface area contributed by atoms with Crippen molar-refractivity contribution in [2.75, 3.05) is 6.54 Å². The van der Waals surface area contributed by atoms with Crippen LogP contribution in [0.1, 0.15) is 22.0 Å². The molecule has 0 saturated heterocycles. The topological polar surface area (TPSA) is 79.3 Å². The Balaban J connectivity index is 2.08. The van der Waals surface area contributed by atoms with Crippen LogP contribution in [0.25, 0.3) is 0 Å². The summed E-state index contributed by atoms with van der Waals surface area (Å²) in [6, 6.07) is 12.2. The zero-order valence-corrected chi connectivity index (χ0v) is 12.6. The van der Waals surface area contributed by atoms with Crippen LogP contribution >= 0.6 is 15.9 Å². The van der Waals surface area contributed by atoms with Crippen molar-refractivity contribution in [3.05, 3.63) is 64.4 Å². The highest BCUT2D eigenvalue weighted by Crippen LogP contribution is 2.16. The molecule has 0 saturated carbocycles. The van der Waals surface area contributed by atoms with Crippen LogP contribution in [-0.4, -0.2) is 28.5 Å². The number of rotatable bonds is 5. The Kier molecular flexibility index (Phi) is 5.05. The molecule has 1 aromatic carbocycles. The SMILES string of the molecule is O=C(NCC(C(=O)O)c1ccccc1)c1ncccc1Br. The Morgan fingerprint density at radius 1 is 1.19 bits per heavy atom. The number of aliphatic carboxylic acids is 1. The minimum absolute atomic E-state index is 0.00118. The summed E-state index contributed by atoms with van der Waals surface area (Å²) in [7, 11) is 0. The highest BCUT2D eigenvalue weighted by molar-refractivity contribution is 9.10. The number of hydrogen-bond donors (Lipinski definition) is 2. The number of nitrogens with one attached hydrogen (secondary N) is 1. The third kappa shape index (κ3) is 3.88. The maximum Gasteiger partial charge on any atom is 0.312 e. The van der Waals surface area contributed by atoms with Gasteiger partial charge in [-0.1, -0.05) is 30.3 Å². The highest BCUT2D eigenvalue weighted by atomic mass is 79.9. The van der Waals surface area contributed by atoms with Crippen LogP contribution in [0.3, 0.4) is 0 Å². The zero-order chi connectivity index (χ0) is 15.2. The molecule has 21 heavy (non-hydrogen) atoms. The highest BCUT2D eigenvalue weighted by Gasteiger charge is 2.21. The lowest BCUT2D eigenvalue weighted by atomic mass is 9.99. The van der Waals surface area contributed by atoms with Gasteiger partial charge in [0.1, 0.15) is 5.69 Å². The molecule has 0 aliphatic rings. The lowest BCUT2D eigenvalue weighted by molar-refractivity contribution is -0.138. The van der Waals surface area contributed by atoms with Gasteiger partial charge in [-0.3, -0.25) is 9.59 Å². The van der Waals surface area contributed by atoms with E-state index in [1.165, 1.54) is 6.20 Å². The summed E-state index contributed by atoms with van der Waals surface area (Å²) in [5, 5.41) is 11.9. The molecule has 5 nitrogen and oxygen atoms in total. The number of nitrogens with zero attached hydrogens (tertiary/aromatic N) is 1. The molecule has 1 aromatic heterocycles. The van der Waals surface area contributed by atoms with Gasteiger partial charge in [0.15, 0.2) is 0 Å². The maximum absolute atomic E-state index is 12.0. The van der Waals surface area contributed by atoms with E-state index in [-0.39, 0.29) is 12.2 Å². The van der Waals surface area contributed by atoms with Gasteiger partial charge in [-0.2, -0.15) is 0 Å². The second kappa shape index (κ2) is 6.99. The van der Waals surface area contributed by atoms with E-state index < -0.39 is 17.8 Å². The third-order valence-corrected chi connectivity index (χ3v) is 3.58. The predicted octanol–water partition coefficient (Wildman–Crippen LogP) is 2.44. The molecule has 0 bridgehead atoms. The molecule has 6 heteroatoms. The van der Waals surface area contributed by atoms with Gasteiger partial charge in [-0.25, -0.2) is 4.98 Å². The molecule has 1 amide bonds. The van der Waals surface area contributed by atoms with Crippen LogP contribution in [0.5, 0.6) is 0 Å². The average molecular weight is 349 g/mol. The number of carbonyl (C=O) groups excluding carboxylic acids is 1. The Labute approximate surface area is 130 Å². The first kappa shape index (κ1) is 15.2. The normalized spacial score (nSPS) is 11.7. The lowest BCUT2D eigenvalue weighted by Crippen LogP contribution is -2.32. The predicted molar refractivity (Wildman–Crippen MR) is 81.1 cm³/mol. The Bertz CT molecular complexity index is 646. The van der Waals surface area contributed by atoms with Gasteiger partial charge < -0.3 is 10.4 Å². The van der Waals surface area contributed by atoms with Gasteiger partial charge in [0.25, 0.3) is 5.91 Å². The first-order chi connectivity index (χ1) is 10.1. The van der Waals surface area contributed by atoms with E-state index in [1.807, 2.05) is 6.07 Å². The molecule has 1 unspecified atom stereocenters. The molecule has 0 spiro atoms. The molecule has 2 rings (SSSR count). The fourth-order valence-electron chi connectivity index (χ4n) is 1.86. The standard InChI is InChI=1S/C15H13BrN2O3/c16-12-7-4-8-17-13(12)14(19)18-9-11(15(20)21)10-5-2-1-3-6-10/h1-8,11H,9H2,(H,18,19)(H,20,21). The smallest absolute Gasteiger partial charge is 0.312 e. The van der Waals surface area contributed by atoms with Crippen LogP contribution < -0.4 is 5.32 Å². The maximum atomic E-state index is 12.0.